The van der Waals surface area contributed by atoms with Gasteiger partial charge >= 0.3 is 45.2 Å². The van der Waals surface area contributed by atoms with Gasteiger partial charge in [-0.05, 0) is 46.5 Å². The molecule has 0 amide bonds. The third-order valence-corrected chi connectivity index (χ3v) is 9.44. The SMILES string of the molecule is CC#N.CC#N.CC#N.O=S(=O)([O-])C(F)(F)F.O=S(=O)([O-])C(F)(F)F.Oc1ccccc1CN1CCN=Cc2cccc(c2)C=NCCN(Cc2ccccc2O)CCN=Cc2cccc(c2)C=NCC1.[Cu+2].[Cu+2]. The first-order valence-corrected chi connectivity index (χ1v) is 23.3. The van der Waals surface area contributed by atoms with Crippen molar-refractivity contribution in [2.45, 2.75) is 44.9 Å². The van der Waals surface area contributed by atoms with Crippen LogP contribution in [0.1, 0.15) is 54.2 Å². The van der Waals surface area contributed by atoms with E-state index in [4.69, 9.17) is 61.7 Å². The number of nitrogens with zero attached hydrogens (tertiary/aromatic N) is 9. The van der Waals surface area contributed by atoms with E-state index in [-0.39, 0.29) is 34.1 Å². The van der Waals surface area contributed by atoms with Crippen molar-refractivity contribution in [1.29, 1.82) is 15.8 Å². The van der Waals surface area contributed by atoms with Gasteiger partial charge in [0.05, 0.1) is 44.4 Å². The minimum absolute atomic E-state index is 0. The van der Waals surface area contributed by atoms with Gasteiger partial charge in [-0.25, -0.2) is 16.8 Å². The van der Waals surface area contributed by atoms with Gasteiger partial charge in [-0.2, -0.15) is 42.1 Å². The van der Waals surface area contributed by atoms with Gasteiger partial charge in [0.25, 0.3) is 0 Å². The summed E-state index contributed by atoms with van der Waals surface area (Å²) >= 11 is 0. The molecule has 0 spiro atoms. The van der Waals surface area contributed by atoms with E-state index in [1.54, 1.807) is 30.3 Å². The van der Waals surface area contributed by atoms with E-state index in [9.17, 15) is 36.6 Å². The molecule has 1 aliphatic heterocycles. The van der Waals surface area contributed by atoms with Crippen LogP contribution in [0.2, 0.25) is 0 Å². The number of hydrogen-bond donors (Lipinski definition) is 2. The maximum absolute atomic E-state index is 10.7. The summed E-state index contributed by atoms with van der Waals surface area (Å²) in [5, 5.41) is 42.7. The Morgan fingerprint density at radius 1 is 0.507 bits per heavy atom. The average molecular weight is 1160 g/mol. The van der Waals surface area contributed by atoms with E-state index in [1.165, 1.54) is 20.8 Å². The van der Waals surface area contributed by atoms with Crippen LogP contribution in [0.4, 0.5) is 26.3 Å². The molecule has 5 rings (SSSR count). The summed E-state index contributed by atoms with van der Waals surface area (Å²) in [5.74, 6) is 0.610. The Hall–Kier alpha value is -6.01. The second-order valence-electron chi connectivity index (χ2n) is 13.8. The van der Waals surface area contributed by atoms with E-state index in [1.807, 2.05) is 97.7 Å². The predicted molar refractivity (Wildman–Crippen MR) is 255 cm³/mol. The van der Waals surface area contributed by atoms with E-state index in [0.29, 0.717) is 50.8 Å². The van der Waals surface area contributed by atoms with Crippen molar-refractivity contribution in [3.05, 3.63) is 130 Å². The zero-order valence-electron chi connectivity index (χ0n) is 39.2. The molecular weight excluding hydrogens is 1110 g/mol. The summed E-state index contributed by atoms with van der Waals surface area (Å²) in [6.45, 7) is 11.0. The van der Waals surface area contributed by atoms with Crippen LogP contribution in [-0.2, 0) is 67.5 Å². The molecule has 0 saturated carbocycles. The average Bonchev–Trinajstić information content (AvgIpc) is 3.28. The molecule has 0 fully saturated rings. The Kier molecular flexibility index (Phi) is 37.7. The van der Waals surface area contributed by atoms with Gasteiger partial charge < -0.3 is 19.3 Å². The van der Waals surface area contributed by atoms with Crippen molar-refractivity contribution in [3.63, 3.8) is 0 Å². The molecule has 1 aliphatic rings. The Bertz CT molecular complexity index is 2440. The first-order chi connectivity index (χ1) is 33.4. The molecule has 0 unspecified atom stereocenters. The van der Waals surface area contributed by atoms with Crippen LogP contribution in [0.5, 0.6) is 11.5 Å². The number of hydrogen-bond acceptors (Lipinski definition) is 17. The Morgan fingerprint density at radius 3 is 0.932 bits per heavy atom. The second kappa shape index (κ2) is 38.6. The normalized spacial score (nSPS) is 13.4. The van der Waals surface area contributed by atoms with E-state index >= 15 is 0 Å². The van der Waals surface area contributed by atoms with Gasteiger partial charge in [-0.3, -0.25) is 29.8 Å². The summed E-state index contributed by atoms with van der Waals surface area (Å²) in [6, 6.07) is 36.6. The Balaban J connectivity index is -0.00000151. The van der Waals surface area contributed by atoms with Crippen LogP contribution >= 0.6 is 0 Å². The third-order valence-electron chi connectivity index (χ3n) is 8.30. The van der Waals surface area contributed by atoms with Gasteiger partial charge in [0.15, 0.2) is 20.2 Å². The van der Waals surface area contributed by atoms with E-state index < -0.39 is 31.3 Å². The molecule has 0 atom stereocenters. The number of aromatic hydroxyl groups is 2. The smallest absolute Gasteiger partial charge is 0.741 e. The number of benzene rings is 4. The molecule has 4 aromatic carbocycles. The van der Waals surface area contributed by atoms with Crippen molar-refractivity contribution in [3.8, 4) is 29.7 Å². The van der Waals surface area contributed by atoms with Crippen molar-refractivity contribution in [2.75, 3.05) is 52.4 Å². The number of rotatable bonds is 4. The van der Waals surface area contributed by atoms with Gasteiger partial charge in [0.2, 0.25) is 0 Å². The minimum atomic E-state index is -6.09. The van der Waals surface area contributed by atoms with Crippen LogP contribution in [0.3, 0.4) is 0 Å². The van der Waals surface area contributed by atoms with Crippen LogP contribution in [0.15, 0.2) is 117 Å². The number of nitriles is 3. The third kappa shape index (κ3) is 33.4. The van der Waals surface area contributed by atoms with Crippen LogP contribution < -0.4 is 0 Å². The number of phenolic OH excluding ortho intramolecular Hbond substituents is 2. The zero-order valence-corrected chi connectivity index (χ0v) is 42.7. The topological polar surface area (TPSA) is 282 Å². The zero-order chi connectivity index (χ0) is 53.9. The van der Waals surface area contributed by atoms with Gasteiger partial charge in [0, 0.05) is 96.0 Å². The summed E-state index contributed by atoms with van der Waals surface area (Å²) in [6.07, 6.45) is 7.64. The monoisotopic (exact) mass is 1160 g/mol. The molecule has 0 aliphatic carbocycles. The second-order valence-corrected chi connectivity index (χ2v) is 16.5. The molecule has 402 valence electrons. The van der Waals surface area contributed by atoms with Crippen molar-refractivity contribution in [2.24, 2.45) is 20.0 Å². The van der Waals surface area contributed by atoms with Crippen molar-refractivity contribution < 1.29 is 96.6 Å². The summed E-state index contributed by atoms with van der Waals surface area (Å²) in [5.41, 5.74) is -5.41. The van der Waals surface area contributed by atoms with Crippen LogP contribution in [0.25, 0.3) is 0 Å². The largest absolute Gasteiger partial charge is 2.00 e. The van der Waals surface area contributed by atoms with Gasteiger partial charge in [0.1, 0.15) is 11.5 Å². The molecule has 17 nitrogen and oxygen atoms in total. The fourth-order valence-corrected chi connectivity index (χ4v) is 5.23. The van der Waals surface area contributed by atoms with Crippen LogP contribution in [-0.4, -0.2) is 134 Å². The van der Waals surface area contributed by atoms with Crippen molar-refractivity contribution in [1.82, 2.24) is 9.80 Å². The summed E-state index contributed by atoms with van der Waals surface area (Å²) in [7, 11) is -12.2. The number of phenols is 2. The molecule has 4 bridgehead atoms. The molecule has 0 aromatic heterocycles. The fraction of sp³-hybridized carbons (Fsp3) is 0.326. The maximum Gasteiger partial charge on any atom is 2.00 e. The van der Waals surface area contributed by atoms with Crippen LogP contribution in [0, 0.1) is 34.0 Å². The molecule has 73 heavy (non-hydrogen) atoms. The number of fused-ring (bicyclic) bond motifs is 4. The number of halogens is 6. The van der Waals surface area contributed by atoms with E-state index in [2.05, 4.69) is 21.9 Å². The van der Waals surface area contributed by atoms with Crippen molar-refractivity contribution >= 4 is 45.1 Å². The minimum Gasteiger partial charge on any atom is -0.741 e. The summed E-state index contributed by atoms with van der Waals surface area (Å²) in [4.78, 5) is 23.4. The number of aliphatic imine (C=N–C) groups is 4. The molecule has 2 radical (unpaired) electrons. The number of para-hydroxylation sites is 2. The van der Waals surface area contributed by atoms with Gasteiger partial charge in [-0.1, -0.05) is 72.8 Å². The van der Waals surface area contributed by atoms with E-state index in [0.717, 1.165) is 59.6 Å². The predicted octanol–water partition coefficient (Wildman–Crippen LogP) is 7.18. The molecule has 0 saturated heterocycles. The Morgan fingerprint density at radius 2 is 0.726 bits per heavy atom. The molecule has 27 heteroatoms. The maximum atomic E-state index is 10.7. The summed E-state index contributed by atoms with van der Waals surface area (Å²) < 4.78 is 118. The quantitative estimate of drug-likeness (QED) is 0.0888. The molecule has 4 aromatic rings. The molecule has 1 heterocycles. The first-order valence-electron chi connectivity index (χ1n) is 20.5. The molecular formula is C46H51Cu2F6N9O8S2+2. The number of alkyl halides is 6. The Labute approximate surface area is 442 Å². The fourth-order valence-electron chi connectivity index (χ4n) is 5.23. The van der Waals surface area contributed by atoms with Gasteiger partial charge in [-0.15, -0.1) is 0 Å². The standard InChI is InChI=1S/C38H42N6O2.3C2H3N.2CHF3O3S.2Cu/c45-37-13-3-1-11-35(37)29-43-19-15-39-25-31-7-5-9-33(23-31)27-41-17-21-44(30-36-12-2-4-14-38(36)46)22-18-42-28-34-10-6-8-32(24-34)26-40-16-20-43;3*1-2-3;2*2-1(3,4)8(5,6)7;;/h1-14,23-28,45-46H,15-22,29-30H2;3*1H3;2*(H,5,6,7);;/q;;;;;;2*+2/p-2. The first kappa shape index (κ1) is 71.2. The molecule has 2 N–H and O–H groups in total.